The molecular weight excluding hydrogens is 200 g/mol. The highest BCUT2D eigenvalue weighted by Gasteiger charge is 2.53. The molecule has 14 heavy (non-hydrogen) atoms. The summed E-state index contributed by atoms with van der Waals surface area (Å²) in [6.07, 6.45) is 5.38. The van der Waals surface area contributed by atoms with E-state index in [0.29, 0.717) is 11.6 Å². The first-order valence-corrected chi connectivity index (χ1v) is 5.47. The van der Waals surface area contributed by atoms with Crippen molar-refractivity contribution in [1.29, 1.82) is 0 Å². The lowest BCUT2D eigenvalue weighted by Crippen LogP contribution is -2.68. The van der Waals surface area contributed by atoms with Crippen LogP contribution in [0.2, 0.25) is 0 Å². The van der Waals surface area contributed by atoms with Crippen molar-refractivity contribution in [3.05, 3.63) is 0 Å². The minimum absolute atomic E-state index is 0. The van der Waals surface area contributed by atoms with Crippen molar-refractivity contribution in [3.8, 4) is 0 Å². The fourth-order valence-electron chi connectivity index (χ4n) is 3.17. The second-order valence-electron chi connectivity index (χ2n) is 4.81. The van der Waals surface area contributed by atoms with Crippen LogP contribution in [0.25, 0.3) is 0 Å². The summed E-state index contributed by atoms with van der Waals surface area (Å²) in [5.74, 6) is 0. The van der Waals surface area contributed by atoms with Gasteiger partial charge in [0.15, 0.2) is 0 Å². The third kappa shape index (κ3) is 1.30. The van der Waals surface area contributed by atoms with E-state index >= 15 is 0 Å². The number of hydrogen-bond donors (Lipinski definition) is 2. The molecule has 2 heterocycles. The number of nitrogens with one attached hydrogen (secondary N) is 1. The van der Waals surface area contributed by atoms with Crippen LogP contribution in [0, 0.1) is 0 Å². The van der Waals surface area contributed by atoms with Crippen LogP contribution in [0.3, 0.4) is 0 Å². The SMILES string of the molecule is Cl.O[C@@H]1CNC[C@H]1N1CCC12CCC2. The third-order valence-corrected chi connectivity index (χ3v) is 4.26. The van der Waals surface area contributed by atoms with Gasteiger partial charge in [-0.15, -0.1) is 12.4 Å². The van der Waals surface area contributed by atoms with E-state index in [9.17, 15) is 5.11 Å². The number of likely N-dealkylation sites (tertiary alicyclic amines) is 1. The highest BCUT2D eigenvalue weighted by molar-refractivity contribution is 5.85. The molecule has 2 atom stereocenters. The molecule has 1 saturated carbocycles. The van der Waals surface area contributed by atoms with E-state index in [-0.39, 0.29) is 18.5 Å². The molecule has 0 aromatic heterocycles. The lowest BCUT2D eigenvalue weighted by atomic mass is 9.67. The highest BCUT2D eigenvalue weighted by atomic mass is 35.5. The van der Waals surface area contributed by atoms with Gasteiger partial charge in [-0.2, -0.15) is 0 Å². The number of aliphatic hydroxyl groups excluding tert-OH is 1. The standard InChI is InChI=1S/C10H18N2O.ClH/c13-9-7-11-6-8(9)12-5-4-10(12)2-1-3-10;/h8-9,11,13H,1-7H2;1H/t8-,9-;/m1./s1. The topological polar surface area (TPSA) is 35.5 Å². The normalized spacial score (nSPS) is 40.1. The number of hydrogen-bond acceptors (Lipinski definition) is 3. The Morgan fingerprint density at radius 1 is 1.21 bits per heavy atom. The van der Waals surface area contributed by atoms with Crippen molar-refractivity contribution in [2.24, 2.45) is 0 Å². The van der Waals surface area contributed by atoms with Crippen LogP contribution < -0.4 is 5.32 Å². The fourth-order valence-corrected chi connectivity index (χ4v) is 3.17. The van der Waals surface area contributed by atoms with Crippen molar-refractivity contribution in [2.45, 2.75) is 43.4 Å². The van der Waals surface area contributed by atoms with Crippen LogP contribution >= 0.6 is 12.4 Å². The van der Waals surface area contributed by atoms with E-state index in [1.807, 2.05) is 0 Å². The molecule has 2 saturated heterocycles. The molecule has 0 aromatic carbocycles. The first-order valence-electron chi connectivity index (χ1n) is 5.47. The van der Waals surface area contributed by atoms with E-state index in [4.69, 9.17) is 0 Å². The van der Waals surface area contributed by atoms with E-state index in [1.165, 1.54) is 32.2 Å². The van der Waals surface area contributed by atoms with Crippen molar-refractivity contribution in [1.82, 2.24) is 10.2 Å². The monoisotopic (exact) mass is 218 g/mol. The maximum atomic E-state index is 9.77. The Morgan fingerprint density at radius 2 is 2.00 bits per heavy atom. The number of β-amino-alcohol motifs (C(OH)–C–C–N with tert-alkyl or cyclic N) is 1. The van der Waals surface area contributed by atoms with E-state index in [0.717, 1.165) is 13.1 Å². The van der Waals surface area contributed by atoms with Gasteiger partial charge in [-0.25, -0.2) is 0 Å². The van der Waals surface area contributed by atoms with Crippen LogP contribution in [0.1, 0.15) is 25.7 Å². The molecule has 2 N–H and O–H groups in total. The molecule has 3 aliphatic rings. The van der Waals surface area contributed by atoms with E-state index in [1.54, 1.807) is 0 Å². The summed E-state index contributed by atoms with van der Waals surface area (Å²) in [6, 6.07) is 0.411. The largest absolute Gasteiger partial charge is 0.390 e. The summed E-state index contributed by atoms with van der Waals surface area (Å²) in [7, 11) is 0. The molecule has 0 radical (unpaired) electrons. The highest BCUT2D eigenvalue weighted by Crippen LogP contribution is 2.48. The Hall–Kier alpha value is 0.170. The Bertz CT molecular complexity index is 215. The molecule has 3 rings (SSSR count). The molecular formula is C10H19ClN2O. The zero-order chi connectivity index (χ0) is 8.89. The fraction of sp³-hybridized carbons (Fsp3) is 1.00. The number of rotatable bonds is 1. The average molecular weight is 219 g/mol. The maximum Gasteiger partial charge on any atom is 0.0832 e. The minimum Gasteiger partial charge on any atom is -0.390 e. The maximum absolute atomic E-state index is 9.77. The van der Waals surface area contributed by atoms with Crippen molar-refractivity contribution >= 4 is 12.4 Å². The Morgan fingerprint density at radius 3 is 2.36 bits per heavy atom. The molecule has 1 spiro atoms. The molecule has 0 aromatic rings. The lowest BCUT2D eigenvalue weighted by Gasteiger charge is -2.61. The van der Waals surface area contributed by atoms with E-state index < -0.39 is 0 Å². The second kappa shape index (κ2) is 3.63. The van der Waals surface area contributed by atoms with Gasteiger partial charge < -0.3 is 10.4 Å². The van der Waals surface area contributed by atoms with Gasteiger partial charge in [-0.05, 0) is 25.7 Å². The summed E-state index contributed by atoms with van der Waals surface area (Å²) in [6.45, 7) is 2.99. The van der Waals surface area contributed by atoms with Gasteiger partial charge in [0.1, 0.15) is 0 Å². The van der Waals surface area contributed by atoms with Gasteiger partial charge in [0.25, 0.3) is 0 Å². The number of nitrogens with zero attached hydrogens (tertiary/aromatic N) is 1. The Labute approximate surface area is 91.3 Å². The zero-order valence-corrected chi connectivity index (χ0v) is 9.22. The van der Waals surface area contributed by atoms with Gasteiger partial charge in [-0.3, -0.25) is 4.90 Å². The molecule has 3 fully saturated rings. The molecule has 2 aliphatic heterocycles. The van der Waals surface area contributed by atoms with Gasteiger partial charge in [-0.1, -0.05) is 0 Å². The first-order chi connectivity index (χ1) is 6.32. The van der Waals surface area contributed by atoms with Gasteiger partial charge in [0, 0.05) is 31.2 Å². The molecule has 0 amide bonds. The zero-order valence-electron chi connectivity index (χ0n) is 8.41. The molecule has 1 aliphatic carbocycles. The Kier molecular flexibility index (Phi) is 2.77. The van der Waals surface area contributed by atoms with Crippen LogP contribution in [0.15, 0.2) is 0 Å². The van der Waals surface area contributed by atoms with Crippen molar-refractivity contribution < 1.29 is 5.11 Å². The van der Waals surface area contributed by atoms with Gasteiger partial charge in [0.05, 0.1) is 6.10 Å². The summed E-state index contributed by atoms with van der Waals surface area (Å²) in [5.41, 5.74) is 0.539. The molecule has 82 valence electrons. The molecule has 0 unspecified atom stereocenters. The average Bonchev–Trinajstić information content (AvgIpc) is 2.31. The Balaban J connectivity index is 0.000000750. The summed E-state index contributed by atoms with van der Waals surface area (Å²) in [5, 5.41) is 13.0. The van der Waals surface area contributed by atoms with Crippen LogP contribution in [0.5, 0.6) is 0 Å². The summed E-state index contributed by atoms with van der Waals surface area (Å²) in [4.78, 5) is 2.56. The number of halogens is 1. The predicted molar refractivity (Wildman–Crippen MR) is 57.8 cm³/mol. The molecule has 0 bridgehead atoms. The van der Waals surface area contributed by atoms with E-state index in [2.05, 4.69) is 10.2 Å². The van der Waals surface area contributed by atoms with Crippen LogP contribution in [-0.2, 0) is 0 Å². The lowest BCUT2D eigenvalue weighted by molar-refractivity contribution is -0.116. The number of aliphatic hydroxyl groups is 1. The second-order valence-corrected chi connectivity index (χ2v) is 4.81. The predicted octanol–water partition coefficient (Wildman–Crippen LogP) is 0.369. The summed E-state index contributed by atoms with van der Waals surface area (Å²) < 4.78 is 0. The molecule has 4 heteroatoms. The minimum atomic E-state index is -0.127. The van der Waals surface area contributed by atoms with Crippen molar-refractivity contribution in [2.75, 3.05) is 19.6 Å². The van der Waals surface area contributed by atoms with Crippen LogP contribution in [-0.4, -0.2) is 47.3 Å². The van der Waals surface area contributed by atoms with Crippen LogP contribution in [0.4, 0.5) is 0 Å². The summed E-state index contributed by atoms with van der Waals surface area (Å²) >= 11 is 0. The van der Waals surface area contributed by atoms with Crippen molar-refractivity contribution in [3.63, 3.8) is 0 Å². The quantitative estimate of drug-likeness (QED) is 0.668. The third-order valence-electron chi connectivity index (χ3n) is 4.26. The van der Waals surface area contributed by atoms with Gasteiger partial charge >= 0.3 is 0 Å². The van der Waals surface area contributed by atoms with Gasteiger partial charge in [0.2, 0.25) is 0 Å². The smallest absolute Gasteiger partial charge is 0.0832 e. The molecule has 3 nitrogen and oxygen atoms in total. The first kappa shape index (κ1) is 10.7.